The van der Waals surface area contributed by atoms with Crippen molar-refractivity contribution in [3.63, 3.8) is 0 Å². The maximum atomic E-state index is 12.3. The molecule has 5 fully saturated rings. The average molecular weight is 489 g/mol. The van der Waals surface area contributed by atoms with Gasteiger partial charge in [0.1, 0.15) is 5.58 Å². The maximum Gasteiger partial charge on any atom is 0.234 e. The van der Waals surface area contributed by atoms with E-state index < -0.39 is 5.60 Å². The summed E-state index contributed by atoms with van der Waals surface area (Å²) in [4.78, 5) is 23.8. The summed E-state index contributed by atoms with van der Waals surface area (Å²) >= 11 is 0. The van der Waals surface area contributed by atoms with Crippen LogP contribution in [-0.4, -0.2) is 34.6 Å². The number of hydrogen-bond acceptors (Lipinski definition) is 5. The van der Waals surface area contributed by atoms with Crippen LogP contribution >= 0.6 is 0 Å². The summed E-state index contributed by atoms with van der Waals surface area (Å²) in [5, 5.41) is 18.1. The summed E-state index contributed by atoms with van der Waals surface area (Å²) in [5.74, 6) is 7.20. The molecule has 3 N–H and O–H groups in total. The molecule has 3 unspecified atom stereocenters. The molecule has 1 saturated heterocycles. The molecule has 2 aromatic rings. The highest BCUT2D eigenvalue weighted by Crippen LogP contribution is 2.57. The summed E-state index contributed by atoms with van der Waals surface area (Å²) in [7, 11) is 0. The van der Waals surface area contributed by atoms with Gasteiger partial charge in [-0.05, 0) is 94.4 Å². The third-order valence-electron chi connectivity index (χ3n) is 8.96. The van der Waals surface area contributed by atoms with Crippen LogP contribution in [0, 0.1) is 23.7 Å². The van der Waals surface area contributed by atoms with Crippen molar-refractivity contribution in [1.29, 1.82) is 0 Å². The van der Waals surface area contributed by atoms with E-state index in [0.29, 0.717) is 12.8 Å². The van der Waals surface area contributed by atoms with Gasteiger partial charge in [-0.3, -0.25) is 14.9 Å². The Bertz CT molecular complexity index is 1220. The molecule has 36 heavy (non-hydrogen) atoms. The van der Waals surface area contributed by atoms with Gasteiger partial charge in [-0.2, -0.15) is 0 Å². The van der Waals surface area contributed by atoms with Crippen molar-refractivity contribution in [2.75, 3.05) is 6.54 Å². The van der Waals surface area contributed by atoms with Crippen molar-refractivity contribution in [2.45, 2.75) is 94.1 Å². The summed E-state index contributed by atoms with van der Waals surface area (Å²) < 4.78 is 5.66. The van der Waals surface area contributed by atoms with Crippen molar-refractivity contribution >= 4 is 22.8 Å². The Labute approximate surface area is 212 Å². The quantitative estimate of drug-likeness (QED) is 0.302. The predicted molar refractivity (Wildman–Crippen MR) is 137 cm³/mol. The van der Waals surface area contributed by atoms with E-state index in [9.17, 15) is 14.7 Å². The molecule has 1 aliphatic heterocycles. The number of fused-ring (bicyclic) bond motifs is 1. The van der Waals surface area contributed by atoms with E-state index in [1.54, 1.807) is 6.26 Å². The number of hydrogen-bond donors (Lipinski definition) is 3. The van der Waals surface area contributed by atoms with Crippen LogP contribution in [-0.2, 0) is 9.59 Å². The highest BCUT2D eigenvalue weighted by atomic mass is 16.3. The van der Waals surface area contributed by atoms with Crippen LogP contribution in [0.2, 0.25) is 0 Å². The normalized spacial score (nSPS) is 33.0. The van der Waals surface area contributed by atoms with Crippen LogP contribution in [0.1, 0.15) is 94.1 Å². The molecule has 4 aliphatic carbocycles. The molecule has 6 heteroatoms. The molecule has 3 atom stereocenters. The van der Waals surface area contributed by atoms with Gasteiger partial charge >= 0.3 is 0 Å². The van der Waals surface area contributed by atoms with Gasteiger partial charge in [-0.15, -0.1) is 0 Å². The number of rotatable bonds is 7. The molecule has 2 heterocycles. The zero-order chi connectivity index (χ0) is 24.8. The first-order chi connectivity index (χ1) is 17.4. The van der Waals surface area contributed by atoms with E-state index in [2.05, 4.69) is 22.5 Å². The number of aliphatic hydroxyl groups is 1. The van der Waals surface area contributed by atoms with Crippen LogP contribution in [0.5, 0.6) is 0 Å². The molecule has 190 valence electrons. The minimum Gasteiger partial charge on any atom is -0.464 e. The van der Waals surface area contributed by atoms with E-state index in [4.69, 9.17) is 4.42 Å². The Kier molecular flexibility index (Phi) is 6.17. The summed E-state index contributed by atoms with van der Waals surface area (Å²) in [6.45, 7) is 1.03. The molecule has 1 aromatic carbocycles. The lowest BCUT2D eigenvalue weighted by Gasteiger charge is -2.60. The lowest BCUT2D eigenvalue weighted by Crippen LogP contribution is -2.64. The summed E-state index contributed by atoms with van der Waals surface area (Å²) in [5.41, 5.74) is 2.28. The smallest absolute Gasteiger partial charge is 0.234 e. The van der Waals surface area contributed by atoms with E-state index in [-0.39, 0.29) is 23.3 Å². The van der Waals surface area contributed by atoms with E-state index in [1.807, 2.05) is 18.2 Å². The van der Waals surface area contributed by atoms with Gasteiger partial charge in [0.2, 0.25) is 11.8 Å². The zero-order valence-corrected chi connectivity index (χ0v) is 20.9. The molecule has 4 bridgehead atoms. The van der Waals surface area contributed by atoms with Crippen LogP contribution < -0.4 is 10.6 Å². The molecule has 4 saturated carbocycles. The SMILES string of the molecule is O=C1CCC(c2coc3ccc(C#CCCCCCNC45CC6CC(CC(O)(C6)C4)C5)cc23)C(=O)N1. The van der Waals surface area contributed by atoms with Crippen molar-refractivity contribution in [3.8, 4) is 11.8 Å². The molecule has 6 nitrogen and oxygen atoms in total. The van der Waals surface area contributed by atoms with Gasteiger partial charge in [0, 0.05) is 34.9 Å². The number of amides is 2. The van der Waals surface area contributed by atoms with Crippen LogP contribution in [0.4, 0.5) is 0 Å². The Morgan fingerprint density at radius 1 is 1.11 bits per heavy atom. The van der Waals surface area contributed by atoms with Gasteiger partial charge in [0.25, 0.3) is 0 Å². The van der Waals surface area contributed by atoms with E-state index in [0.717, 1.165) is 85.4 Å². The second kappa shape index (κ2) is 9.36. The van der Waals surface area contributed by atoms with Crippen molar-refractivity contribution in [1.82, 2.24) is 10.6 Å². The van der Waals surface area contributed by atoms with Crippen LogP contribution in [0.3, 0.4) is 0 Å². The highest BCUT2D eigenvalue weighted by molar-refractivity contribution is 6.02. The van der Waals surface area contributed by atoms with Gasteiger partial charge in [-0.25, -0.2) is 0 Å². The molecular weight excluding hydrogens is 452 g/mol. The molecule has 5 aliphatic rings. The summed E-state index contributed by atoms with van der Waals surface area (Å²) in [6, 6.07) is 5.85. The predicted octanol–water partition coefficient (Wildman–Crippen LogP) is 4.54. The van der Waals surface area contributed by atoms with Crippen LogP contribution in [0.25, 0.3) is 11.0 Å². The van der Waals surface area contributed by atoms with Gasteiger partial charge in [-0.1, -0.05) is 18.3 Å². The largest absolute Gasteiger partial charge is 0.464 e. The Balaban J connectivity index is 0.978. The number of imide groups is 1. The lowest BCUT2D eigenvalue weighted by molar-refractivity contribution is -0.142. The standard InChI is InChI=1S/C30H36N2O4/c33-27-10-8-23(28(34)32-27)25-18-36-26-9-7-20(13-24(25)26)6-4-2-1-3-5-11-31-29-14-21-12-22(15-29)17-30(35,16-21)19-29/h7,9,13,18,21-23,31,35H,1-3,5,8,10-12,14-17,19H2,(H,32,33,34). The number of benzene rings is 1. The van der Waals surface area contributed by atoms with Gasteiger partial charge in [0.05, 0.1) is 17.8 Å². The van der Waals surface area contributed by atoms with Crippen molar-refractivity contribution < 1.29 is 19.1 Å². The van der Waals surface area contributed by atoms with Gasteiger partial charge < -0.3 is 14.8 Å². The number of unbranched alkanes of at least 4 members (excludes halogenated alkanes) is 3. The second-order valence-corrected chi connectivity index (χ2v) is 11.9. The van der Waals surface area contributed by atoms with Gasteiger partial charge in [0.15, 0.2) is 0 Å². The number of carbonyl (C=O) groups is 2. The molecule has 0 spiro atoms. The average Bonchev–Trinajstić information content (AvgIpc) is 3.22. The second-order valence-electron chi connectivity index (χ2n) is 11.9. The van der Waals surface area contributed by atoms with E-state index >= 15 is 0 Å². The number of nitrogens with one attached hydrogen (secondary N) is 2. The molecule has 7 rings (SSSR count). The minimum absolute atomic E-state index is 0.192. The Hall–Kier alpha value is -2.62. The molecule has 2 amide bonds. The van der Waals surface area contributed by atoms with E-state index in [1.165, 1.54) is 19.3 Å². The molecular formula is C30H36N2O4. The third-order valence-corrected chi connectivity index (χ3v) is 8.96. The number of furan rings is 1. The first-order valence-corrected chi connectivity index (χ1v) is 13.7. The first kappa shape index (κ1) is 23.8. The topological polar surface area (TPSA) is 91.6 Å². The Morgan fingerprint density at radius 2 is 1.94 bits per heavy atom. The highest BCUT2D eigenvalue weighted by Gasteiger charge is 2.56. The number of piperidine rings is 1. The Morgan fingerprint density at radius 3 is 2.72 bits per heavy atom. The van der Waals surface area contributed by atoms with Crippen molar-refractivity contribution in [2.24, 2.45) is 11.8 Å². The summed E-state index contributed by atoms with van der Waals surface area (Å²) in [6.07, 6.45) is 13.6. The fraction of sp³-hybridized carbons (Fsp3) is 0.600. The lowest BCUT2D eigenvalue weighted by atomic mass is 9.51. The molecule has 1 aromatic heterocycles. The monoisotopic (exact) mass is 488 g/mol. The zero-order valence-electron chi connectivity index (χ0n) is 20.9. The first-order valence-electron chi connectivity index (χ1n) is 13.7. The third kappa shape index (κ3) is 4.71. The fourth-order valence-corrected chi connectivity index (χ4v) is 7.84. The fourth-order valence-electron chi connectivity index (χ4n) is 7.84. The molecule has 0 radical (unpaired) electrons. The van der Waals surface area contributed by atoms with Crippen molar-refractivity contribution in [3.05, 3.63) is 35.6 Å². The minimum atomic E-state index is -0.394. The van der Waals surface area contributed by atoms with Crippen LogP contribution in [0.15, 0.2) is 28.9 Å². The number of carbonyl (C=O) groups excluding carboxylic acids is 2. The maximum absolute atomic E-state index is 12.3.